The van der Waals surface area contributed by atoms with Gasteiger partial charge in [-0.1, -0.05) is 121 Å². The third kappa shape index (κ3) is 3.62. The van der Waals surface area contributed by atoms with Crippen molar-refractivity contribution in [1.82, 2.24) is 0 Å². The second-order valence-electron chi connectivity index (χ2n) is 7.13. The van der Waals surface area contributed by atoms with Crippen LogP contribution in [0.2, 0.25) is 0 Å². The van der Waals surface area contributed by atoms with Gasteiger partial charge in [-0.05, 0) is 11.0 Å². The van der Waals surface area contributed by atoms with Gasteiger partial charge in [-0.2, -0.15) is 0 Å². The molecule has 0 aliphatic rings. The van der Waals surface area contributed by atoms with E-state index >= 15 is 0 Å². The van der Waals surface area contributed by atoms with Gasteiger partial charge in [0, 0.05) is 0 Å². The minimum absolute atomic E-state index is 0.203. The minimum Gasteiger partial charge on any atom is -0.0625 e. The van der Waals surface area contributed by atoms with Crippen LogP contribution in [0.5, 0.6) is 0 Å². The molecule has 0 fully saturated rings. The number of hydrogen-bond donors (Lipinski definition) is 0. The Labute approximate surface area is 141 Å². The lowest BCUT2D eigenvalue weighted by atomic mass is 9.87. The Kier molecular flexibility index (Phi) is 4.49. The maximum absolute atomic E-state index is 2.34. The Morgan fingerprint density at radius 1 is 0.522 bits per heavy atom. The van der Waals surface area contributed by atoms with Gasteiger partial charge in [-0.25, -0.2) is 0 Å². The van der Waals surface area contributed by atoms with Crippen molar-refractivity contribution in [3.8, 4) is 0 Å². The van der Waals surface area contributed by atoms with E-state index in [1.165, 1.54) is 21.1 Å². The Hall–Kier alpha value is -2.12. The Morgan fingerprint density at radius 3 is 1.30 bits per heavy atom. The lowest BCUT2D eigenvalue weighted by Gasteiger charge is -2.21. The van der Waals surface area contributed by atoms with Gasteiger partial charge in [0.2, 0.25) is 0 Å². The quantitative estimate of drug-likeness (QED) is 0.514. The van der Waals surface area contributed by atoms with E-state index in [4.69, 9.17) is 0 Å². The van der Waals surface area contributed by atoms with Crippen LogP contribution in [0.25, 0.3) is 0 Å². The van der Waals surface area contributed by atoms with Gasteiger partial charge in [-0.3, -0.25) is 0 Å². The van der Waals surface area contributed by atoms with Crippen LogP contribution in [0.3, 0.4) is 0 Å². The molecule has 0 amide bonds. The van der Waals surface area contributed by atoms with E-state index in [0.29, 0.717) is 0 Å². The molecule has 0 aromatic heterocycles. The fourth-order valence-corrected chi connectivity index (χ4v) is 5.99. The van der Waals surface area contributed by atoms with Crippen LogP contribution in [0.15, 0.2) is 84.9 Å². The van der Waals surface area contributed by atoms with E-state index in [9.17, 15) is 0 Å². The zero-order valence-corrected chi connectivity index (χ0v) is 15.3. The van der Waals surface area contributed by atoms with Gasteiger partial charge < -0.3 is 0 Å². The highest BCUT2D eigenvalue weighted by Gasteiger charge is 2.20. The van der Waals surface area contributed by atoms with Crippen molar-refractivity contribution in [3.05, 3.63) is 90.5 Å². The molecule has 0 radical (unpaired) electrons. The third-order valence-corrected chi connectivity index (χ3v) is 7.53. The molecule has 3 aromatic carbocycles. The Bertz CT molecular complexity index is 698. The lowest BCUT2D eigenvalue weighted by molar-refractivity contribution is 0.590. The van der Waals surface area contributed by atoms with E-state index in [2.05, 4.69) is 106 Å². The van der Waals surface area contributed by atoms with Crippen molar-refractivity contribution < 1.29 is 0 Å². The number of hydrogen-bond acceptors (Lipinski definition) is 0. The first-order chi connectivity index (χ1) is 11.1. The molecule has 0 unspecified atom stereocenters. The monoisotopic (exact) mass is 316 g/mol. The first kappa shape index (κ1) is 15.8. The summed E-state index contributed by atoms with van der Waals surface area (Å²) in [7, 11) is -1.38. The predicted octanol–water partition coefficient (Wildman–Crippen LogP) is 3.23. The van der Waals surface area contributed by atoms with E-state index in [1.807, 2.05) is 0 Å². The maximum Gasteiger partial charge on any atom is 0.132 e. The van der Waals surface area contributed by atoms with Gasteiger partial charge in [0.1, 0.15) is 8.80 Å². The second kappa shape index (κ2) is 6.55. The zero-order chi connectivity index (χ0) is 16.3. The first-order valence-electron chi connectivity index (χ1n) is 8.26. The molecule has 0 heterocycles. The van der Waals surface area contributed by atoms with Crippen LogP contribution in [-0.4, -0.2) is 8.80 Å². The number of benzene rings is 3. The summed E-state index contributed by atoms with van der Waals surface area (Å²) in [6.07, 6.45) is 0. The van der Waals surface area contributed by atoms with Crippen molar-refractivity contribution in [2.45, 2.75) is 26.2 Å². The summed E-state index contributed by atoms with van der Waals surface area (Å²) < 4.78 is 0. The molecule has 23 heavy (non-hydrogen) atoms. The smallest absolute Gasteiger partial charge is 0.0625 e. The van der Waals surface area contributed by atoms with E-state index in [-0.39, 0.29) is 5.41 Å². The van der Waals surface area contributed by atoms with Crippen LogP contribution >= 0.6 is 0 Å². The topological polar surface area (TPSA) is 0 Å². The zero-order valence-electron chi connectivity index (χ0n) is 14.2. The van der Waals surface area contributed by atoms with Crippen molar-refractivity contribution in [1.29, 1.82) is 0 Å². The first-order valence-corrected chi connectivity index (χ1v) is 9.99. The largest absolute Gasteiger partial charge is 0.132 e. The molecule has 0 saturated heterocycles. The highest BCUT2D eigenvalue weighted by molar-refractivity contribution is 6.95. The summed E-state index contributed by atoms with van der Waals surface area (Å²) in [6.45, 7) is 6.81. The minimum atomic E-state index is -1.38. The molecule has 0 saturated carbocycles. The fourth-order valence-electron chi connectivity index (χ4n) is 3.04. The molecular weight excluding hydrogens is 292 g/mol. The van der Waals surface area contributed by atoms with E-state index in [1.54, 1.807) is 0 Å². The fraction of sp³-hybridized carbons (Fsp3) is 0.182. The highest BCUT2D eigenvalue weighted by Crippen LogP contribution is 2.20. The van der Waals surface area contributed by atoms with Gasteiger partial charge in [0.15, 0.2) is 0 Å². The third-order valence-electron chi connectivity index (χ3n) is 4.38. The van der Waals surface area contributed by atoms with Crippen molar-refractivity contribution in [2.24, 2.45) is 0 Å². The van der Waals surface area contributed by atoms with Crippen molar-refractivity contribution >= 4 is 24.4 Å². The van der Waals surface area contributed by atoms with Crippen molar-refractivity contribution in [3.63, 3.8) is 0 Å². The summed E-state index contributed by atoms with van der Waals surface area (Å²) in [5.41, 5.74) is 1.60. The van der Waals surface area contributed by atoms with Crippen LogP contribution in [0, 0.1) is 0 Å². The molecule has 1 heteroatoms. The average molecular weight is 317 g/mol. The maximum atomic E-state index is 2.34. The summed E-state index contributed by atoms with van der Waals surface area (Å²) in [5.74, 6) is 0. The molecule has 0 aliphatic carbocycles. The molecule has 0 N–H and O–H groups in total. The highest BCUT2D eigenvalue weighted by atomic mass is 28.3. The molecule has 0 spiro atoms. The van der Waals surface area contributed by atoms with Crippen LogP contribution < -0.4 is 15.6 Å². The summed E-state index contributed by atoms with van der Waals surface area (Å²) in [6, 6.07) is 31.2. The van der Waals surface area contributed by atoms with Crippen LogP contribution in [0.1, 0.15) is 26.3 Å². The van der Waals surface area contributed by atoms with Crippen molar-refractivity contribution in [2.75, 3.05) is 0 Å². The number of rotatable bonds is 3. The predicted molar refractivity (Wildman–Crippen MR) is 104 cm³/mol. The van der Waals surface area contributed by atoms with Gasteiger partial charge in [-0.15, -0.1) is 0 Å². The van der Waals surface area contributed by atoms with Crippen LogP contribution in [-0.2, 0) is 5.41 Å². The average Bonchev–Trinajstić information content (AvgIpc) is 2.57. The van der Waals surface area contributed by atoms with E-state index < -0.39 is 8.80 Å². The molecule has 0 nitrogen and oxygen atoms in total. The standard InChI is InChI=1S/C22H24Si/c1-22(2,3)18-14-16-21(17-15-18)23(19-10-6-4-7-11-19)20-12-8-5-9-13-20/h4-17,23H,1-3H3. The Balaban J connectivity index is 2.06. The summed E-state index contributed by atoms with van der Waals surface area (Å²) in [4.78, 5) is 0. The van der Waals surface area contributed by atoms with Gasteiger partial charge in [0.05, 0.1) is 0 Å². The lowest BCUT2D eigenvalue weighted by Crippen LogP contribution is -2.51. The second-order valence-corrected chi connectivity index (χ2v) is 9.99. The Morgan fingerprint density at radius 2 is 0.913 bits per heavy atom. The summed E-state index contributed by atoms with van der Waals surface area (Å²) >= 11 is 0. The molecule has 0 bridgehead atoms. The SMILES string of the molecule is CC(C)(C)c1ccc([SiH](c2ccccc2)c2ccccc2)cc1. The van der Waals surface area contributed by atoms with Gasteiger partial charge in [0.25, 0.3) is 0 Å². The molecule has 116 valence electrons. The molecule has 3 rings (SSSR count). The summed E-state index contributed by atoms with van der Waals surface area (Å²) in [5, 5.41) is 4.43. The van der Waals surface area contributed by atoms with Crippen LogP contribution in [0.4, 0.5) is 0 Å². The van der Waals surface area contributed by atoms with E-state index in [0.717, 1.165) is 0 Å². The normalized spacial score (nSPS) is 11.7. The molecular formula is C22H24Si. The molecule has 3 aromatic rings. The molecule has 0 atom stereocenters. The van der Waals surface area contributed by atoms with Gasteiger partial charge >= 0.3 is 0 Å². The molecule has 0 aliphatic heterocycles.